The molecule has 124 valence electrons. The monoisotopic (exact) mass is 316 g/mol. The van der Waals surface area contributed by atoms with E-state index in [2.05, 4.69) is 37.5 Å². The van der Waals surface area contributed by atoms with Crippen molar-refractivity contribution >= 4 is 5.96 Å². The standard InChI is InChI=1S/C16H24N6O/c1-5-23-14-8-6-13(7-9-14)11-21(3)16(17-2)18-10-15-20-19-12-22(15)4/h6-9,12H,5,10-11H2,1-4H3,(H,17,18). The van der Waals surface area contributed by atoms with Gasteiger partial charge in [-0.15, -0.1) is 10.2 Å². The Morgan fingerprint density at radius 3 is 2.65 bits per heavy atom. The van der Waals surface area contributed by atoms with E-state index in [1.165, 1.54) is 5.56 Å². The van der Waals surface area contributed by atoms with E-state index in [9.17, 15) is 0 Å². The van der Waals surface area contributed by atoms with Crippen LogP contribution in [-0.2, 0) is 20.1 Å². The highest BCUT2D eigenvalue weighted by Crippen LogP contribution is 2.13. The van der Waals surface area contributed by atoms with Crippen LogP contribution in [0.2, 0.25) is 0 Å². The second kappa shape index (κ2) is 8.17. The Labute approximate surface area is 137 Å². The summed E-state index contributed by atoms with van der Waals surface area (Å²) in [5, 5.41) is 11.2. The first-order valence-electron chi connectivity index (χ1n) is 7.60. The lowest BCUT2D eigenvalue weighted by Gasteiger charge is -2.22. The minimum atomic E-state index is 0.580. The Balaban J connectivity index is 1.91. The zero-order valence-corrected chi connectivity index (χ0v) is 14.2. The maximum Gasteiger partial charge on any atom is 0.194 e. The molecular formula is C16H24N6O. The van der Waals surface area contributed by atoms with Gasteiger partial charge in [0.1, 0.15) is 12.1 Å². The van der Waals surface area contributed by atoms with Gasteiger partial charge in [-0.3, -0.25) is 4.99 Å². The van der Waals surface area contributed by atoms with E-state index in [0.29, 0.717) is 13.2 Å². The summed E-state index contributed by atoms with van der Waals surface area (Å²) in [5.74, 6) is 2.56. The zero-order valence-electron chi connectivity index (χ0n) is 14.2. The van der Waals surface area contributed by atoms with Crippen LogP contribution < -0.4 is 10.1 Å². The van der Waals surface area contributed by atoms with Crippen molar-refractivity contribution in [1.82, 2.24) is 25.0 Å². The number of aliphatic imine (C=N–C) groups is 1. The molecule has 0 saturated carbocycles. The van der Waals surface area contributed by atoms with E-state index < -0.39 is 0 Å². The predicted octanol–water partition coefficient (Wildman–Crippen LogP) is 1.42. The van der Waals surface area contributed by atoms with Gasteiger partial charge in [0, 0.05) is 27.7 Å². The molecule has 0 aliphatic heterocycles. The fourth-order valence-corrected chi connectivity index (χ4v) is 2.22. The van der Waals surface area contributed by atoms with Gasteiger partial charge in [-0.05, 0) is 24.6 Å². The molecule has 2 rings (SSSR count). The largest absolute Gasteiger partial charge is 0.494 e. The van der Waals surface area contributed by atoms with Crippen molar-refractivity contribution in [3.05, 3.63) is 42.0 Å². The summed E-state index contributed by atoms with van der Waals surface area (Å²) in [6, 6.07) is 8.11. The molecule has 7 heteroatoms. The molecule has 23 heavy (non-hydrogen) atoms. The second-order valence-electron chi connectivity index (χ2n) is 5.19. The van der Waals surface area contributed by atoms with Gasteiger partial charge in [0.05, 0.1) is 13.2 Å². The summed E-state index contributed by atoms with van der Waals surface area (Å²) in [7, 11) is 5.69. The molecule has 2 aromatic rings. The summed E-state index contributed by atoms with van der Waals surface area (Å²) in [6.45, 7) is 3.99. The molecular weight excluding hydrogens is 292 g/mol. The maximum atomic E-state index is 5.46. The zero-order chi connectivity index (χ0) is 16.7. The number of aromatic nitrogens is 3. The first-order chi connectivity index (χ1) is 11.1. The number of nitrogens with zero attached hydrogens (tertiary/aromatic N) is 5. The summed E-state index contributed by atoms with van der Waals surface area (Å²) in [6.07, 6.45) is 1.68. The van der Waals surface area contributed by atoms with Crippen LogP contribution in [0.5, 0.6) is 5.75 Å². The van der Waals surface area contributed by atoms with Crippen LogP contribution >= 0.6 is 0 Å². The molecule has 0 radical (unpaired) electrons. The van der Waals surface area contributed by atoms with Crippen molar-refractivity contribution in [3.63, 3.8) is 0 Å². The molecule has 1 N–H and O–H groups in total. The van der Waals surface area contributed by atoms with Crippen molar-refractivity contribution in [2.45, 2.75) is 20.0 Å². The van der Waals surface area contributed by atoms with Crippen molar-refractivity contribution in [3.8, 4) is 5.75 Å². The SMILES string of the molecule is CCOc1ccc(CN(C)C(=NC)NCc2nncn2C)cc1. The van der Waals surface area contributed by atoms with Crippen LogP contribution in [0, 0.1) is 0 Å². The molecule has 0 amide bonds. The van der Waals surface area contributed by atoms with Gasteiger partial charge >= 0.3 is 0 Å². The number of ether oxygens (including phenoxy) is 1. The number of hydrogen-bond acceptors (Lipinski definition) is 4. The number of benzene rings is 1. The smallest absolute Gasteiger partial charge is 0.194 e. The van der Waals surface area contributed by atoms with E-state index in [1.807, 2.05) is 37.7 Å². The molecule has 7 nitrogen and oxygen atoms in total. The number of guanidine groups is 1. The van der Waals surface area contributed by atoms with Crippen molar-refractivity contribution in [2.75, 3.05) is 20.7 Å². The average molecular weight is 316 g/mol. The fourth-order valence-electron chi connectivity index (χ4n) is 2.22. The third kappa shape index (κ3) is 4.70. The number of nitrogens with one attached hydrogen (secondary N) is 1. The molecule has 0 aliphatic carbocycles. The van der Waals surface area contributed by atoms with Crippen LogP contribution in [0.4, 0.5) is 0 Å². The number of hydrogen-bond donors (Lipinski definition) is 1. The van der Waals surface area contributed by atoms with Crippen LogP contribution in [0.15, 0.2) is 35.6 Å². The van der Waals surface area contributed by atoms with Gasteiger partial charge in [0.2, 0.25) is 0 Å². The van der Waals surface area contributed by atoms with E-state index in [0.717, 1.165) is 24.1 Å². The van der Waals surface area contributed by atoms with Crippen molar-refractivity contribution in [2.24, 2.45) is 12.0 Å². The van der Waals surface area contributed by atoms with Gasteiger partial charge in [-0.2, -0.15) is 0 Å². The first-order valence-corrected chi connectivity index (χ1v) is 7.60. The molecule has 0 unspecified atom stereocenters. The van der Waals surface area contributed by atoms with Crippen LogP contribution in [0.1, 0.15) is 18.3 Å². The lowest BCUT2D eigenvalue weighted by molar-refractivity contribution is 0.340. The number of rotatable bonds is 6. The molecule has 0 saturated heterocycles. The third-order valence-electron chi connectivity index (χ3n) is 3.44. The highest BCUT2D eigenvalue weighted by molar-refractivity contribution is 5.79. The van der Waals surface area contributed by atoms with E-state index in [4.69, 9.17) is 4.74 Å². The van der Waals surface area contributed by atoms with Gasteiger partial charge in [0.15, 0.2) is 11.8 Å². The molecule has 1 aromatic carbocycles. The van der Waals surface area contributed by atoms with Gasteiger partial charge in [-0.25, -0.2) is 0 Å². The fraction of sp³-hybridized carbons (Fsp3) is 0.438. The van der Waals surface area contributed by atoms with Gasteiger partial charge in [0.25, 0.3) is 0 Å². The lowest BCUT2D eigenvalue weighted by atomic mass is 10.2. The molecule has 0 aliphatic rings. The molecule has 1 heterocycles. The molecule has 1 aromatic heterocycles. The summed E-state index contributed by atoms with van der Waals surface area (Å²) < 4.78 is 7.34. The Bertz CT molecular complexity index is 634. The van der Waals surface area contributed by atoms with E-state index >= 15 is 0 Å². The minimum absolute atomic E-state index is 0.580. The Kier molecular flexibility index (Phi) is 5.96. The molecule has 0 spiro atoms. The summed E-state index contributed by atoms with van der Waals surface area (Å²) in [4.78, 5) is 6.37. The summed E-state index contributed by atoms with van der Waals surface area (Å²) >= 11 is 0. The van der Waals surface area contributed by atoms with E-state index in [-0.39, 0.29) is 0 Å². The van der Waals surface area contributed by atoms with Crippen LogP contribution in [-0.4, -0.2) is 46.3 Å². The average Bonchev–Trinajstić information content (AvgIpc) is 2.95. The molecule has 0 atom stereocenters. The summed E-state index contributed by atoms with van der Waals surface area (Å²) in [5.41, 5.74) is 1.19. The van der Waals surface area contributed by atoms with Crippen molar-refractivity contribution < 1.29 is 4.74 Å². The minimum Gasteiger partial charge on any atom is -0.494 e. The van der Waals surface area contributed by atoms with E-state index in [1.54, 1.807) is 13.4 Å². The normalized spacial score (nSPS) is 11.4. The Morgan fingerprint density at radius 2 is 2.09 bits per heavy atom. The second-order valence-corrected chi connectivity index (χ2v) is 5.19. The first kappa shape index (κ1) is 16.8. The van der Waals surface area contributed by atoms with Crippen LogP contribution in [0.25, 0.3) is 0 Å². The molecule has 0 bridgehead atoms. The third-order valence-corrected chi connectivity index (χ3v) is 3.44. The Hall–Kier alpha value is -2.57. The lowest BCUT2D eigenvalue weighted by Crippen LogP contribution is -2.38. The molecule has 0 fully saturated rings. The highest BCUT2D eigenvalue weighted by atomic mass is 16.5. The van der Waals surface area contributed by atoms with Gasteiger partial charge < -0.3 is 19.5 Å². The maximum absolute atomic E-state index is 5.46. The Morgan fingerprint density at radius 1 is 1.35 bits per heavy atom. The van der Waals surface area contributed by atoms with Crippen LogP contribution in [0.3, 0.4) is 0 Å². The number of aryl methyl sites for hydroxylation is 1. The quantitative estimate of drug-likeness (QED) is 0.645. The van der Waals surface area contributed by atoms with Crippen molar-refractivity contribution in [1.29, 1.82) is 0 Å². The predicted molar refractivity (Wildman–Crippen MR) is 90.3 cm³/mol. The van der Waals surface area contributed by atoms with Gasteiger partial charge in [-0.1, -0.05) is 12.1 Å². The highest BCUT2D eigenvalue weighted by Gasteiger charge is 2.08. The topological polar surface area (TPSA) is 67.6 Å².